The van der Waals surface area contributed by atoms with Gasteiger partial charge in [-0.05, 0) is 19.1 Å². The maximum Gasteiger partial charge on any atom is 0.275 e. The Morgan fingerprint density at radius 1 is 1.47 bits per heavy atom. The van der Waals surface area contributed by atoms with Gasteiger partial charge in [-0.3, -0.25) is 10.1 Å². The lowest BCUT2D eigenvalue weighted by molar-refractivity contribution is -0.385. The van der Waals surface area contributed by atoms with Crippen molar-refractivity contribution in [1.29, 1.82) is 0 Å². The van der Waals surface area contributed by atoms with Gasteiger partial charge in [0.05, 0.1) is 15.6 Å². The van der Waals surface area contributed by atoms with Crippen molar-refractivity contribution in [3.63, 3.8) is 0 Å². The summed E-state index contributed by atoms with van der Waals surface area (Å²) in [5, 5.41) is 17.4. The van der Waals surface area contributed by atoms with Crippen LogP contribution in [0.4, 0.5) is 5.69 Å². The zero-order valence-corrected chi connectivity index (χ0v) is 11.8. The minimum atomic E-state index is -0.421. The highest BCUT2D eigenvalue weighted by atomic mass is 35.5. The van der Waals surface area contributed by atoms with Crippen LogP contribution in [0.2, 0.25) is 5.02 Å². The summed E-state index contributed by atoms with van der Waals surface area (Å²) in [6.07, 6.45) is 0. The lowest BCUT2D eigenvalue weighted by Crippen LogP contribution is -2.14. The van der Waals surface area contributed by atoms with Crippen molar-refractivity contribution in [2.75, 3.05) is 0 Å². The normalized spacial score (nSPS) is 10.6. The van der Waals surface area contributed by atoms with Crippen molar-refractivity contribution in [2.45, 2.75) is 20.0 Å². The molecule has 0 aliphatic carbocycles. The van der Waals surface area contributed by atoms with Gasteiger partial charge in [0.15, 0.2) is 0 Å². The number of thiazole rings is 1. The number of nitrogens with zero attached hydrogens (tertiary/aromatic N) is 2. The van der Waals surface area contributed by atoms with Gasteiger partial charge in [0, 0.05) is 35.1 Å². The van der Waals surface area contributed by atoms with Gasteiger partial charge in [0.2, 0.25) is 0 Å². The molecular formula is C12H12ClN3O2S. The van der Waals surface area contributed by atoms with Crippen molar-refractivity contribution in [3.8, 4) is 0 Å². The lowest BCUT2D eigenvalue weighted by Gasteiger charge is -2.04. The topological polar surface area (TPSA) is 68.1 Å². The number of hydrogen-bond donors (Lipinski definition) is 1. The minimum absolute atomic E-state index is 0.0365. The van der Waals surface area contributed by atoms with Gasteiger partial charge in [-0.1, -0.05) is 11.6 Å². The van der Waals surface area contributed by atoms with Gasteiger partial charge in [-0.25, -0.2) is 4.98 Å². The molecule has 0 spiro atoms. The molecule has 0 radical (unpaired) electrons. The Hall–Kier alpha value is -1.50. The summed E-state index contributed by atoms with van der Waals surface area (Å²) < 4.78 is 0. The number of halogens is 1. The molecule has 1 N–H and O–H groups in total. The predicted molar refractivity (Wildman–Crippen MR) is 75.5 cm³/mol. The molecule has 0 amide bonds. The van der Waals surface area contributed by atoms with Crippen molar-refractivity contribution >= 4 is 28.6 Å². The van der Waals surface area contributed by atoms with Crippen molar-refractivity contribution in [3.05, 3.63) is 55.0 Å². The number of rotatable bonds is 5. The first kappa shape index (κ1) is 13.9. The number of aryl methyl sites for hydroxylation is 1. The second kappa shape index (κ2) is 6.10. The van der Waals surface area contributed by atoms with Crippen LogP contribution in [0.25, 0.3) is 0 Å². The van der Waals surface area contributed by atoms with Gasteiger partial charge in [0.1, 0.15) is 0 Å². The average molecular weight is 298 g/mol. The molecule has 0 bridgehead atoms. The first-order valence-corrected chi connectivity index (χ1v) is 6.86. The Morgan fingerprint density at radius 3 is 2.89 bits per heavy atom. The van der Waals surface area contributed by atoms with E-state index in [1.807, 2.05) is 12.3 Å². The van der Waals surface area contributed by atoms with Crippen LogP contribution in [-0.4, -0.2) is 9.91 Å². The monoisotopic (exact) mass is 297 g/mol. The van der Waals surface area contributed by atoms with Gasteiger partial charge >= 0.3 is 0 Å². The summed E-state index contributed by atoms with van der Waals surface area (Å²) in [5.41, 5.74) is 1.59. The number of benzene rings is 1. The third-order valence-corrected chi connectivity index (χ3v) is 3.59. The third-order valence-electron chi connectivity index (χ3n) is 2.53. The highest BCUT2D eigenvalue weighted by molar-refractivity contribution is 7.09. The Labute approximate surface area is 119 Å². The van der Waals surface area contributed by atoms with E-state index in [4.69, 9.17) is 11.6 Å². The van der Waals surface area contributed by atoms with Crippen LogP contribution in [0.15, 0.2) is 23.6 Å². The lowest BCUT2D eigenvalue weighted by atomic mass is 10.2. The van der Waals surface area contributed by atoms with E-state index in [-0.39, 0.29) is 5.69 Å². The fourth-order valence-electron chi connectivity index (χ4n) is 1.67. The van der Waals surface area contributed by atoms with Gasteiger partial charge < -0.3 is 5.32 Å². The quantitative estimate of drug-likeness (QED) is 0.679. The van der Waals surface area contributed by atoms with E-state index < -0.39 is 4.92 Å². The molecule has 0 aliphatic rings. The van der Waals surface area contributed by atoms with E-state index in [1.165, 1.54) is 6.07 Å². The van der Waals surface area contributed by atoms with Gasteiger partial charge in [0.25, 0.3) is 5.69 Å². The number of nitro benzene ring substituents is 1. The molecule has 7 heteroatoms. The van der Waals surface area contributed by atoms with Gasteiger partial charge in [-0.2, -0.15) is 0 Å². The van der Waals surface area contributed by atoms with Crippen LogP contribution in [0.5, 0.6) is 0 Å². The summed E-state index contributed by atoms with van der Waals surface area (Å²) in [4.78, 5) is 14.8. The molecule has 19 heavy (non-hydrogen) atoms. The standard InChI is InChI=1S/C12H12ClN3O2S/c1-8-15-11(7-19-8)6-14-5-9-2-3-10(13)4-12(9)16(17)18/h2-4,7,14H,5-6H2,1H3. The Bertz CT molecular complexity index is 600. The van der Waals surface area contributed by atoms with Crippen molar-refractivity contribution < 1.29 is 4.92 Å². The average Bonchev–Trinajstić information content (AvgIpc) is 2.77. The predicted octanol–water partition coefficient (Wildman–Crippen LogP) is 3.30. The SMILES string of the molecule is Cc1nc(CNCc2ccc(Cl)cc2[N+](=O)[O-])cs1. The molecule has 5 nitrogen and oxygen atoms in total. The van der Waals surface area contributed by atoms with Crippen LogP contribution in [0, 0.1) is 17.0 Å². The molecule has 1 aromatic heterocycles. The summed E-state index contributed by atoms with van der Waals surface area (Å²) in [6.45, 7) is 2.94. The summed E-state index contributed by atoms with van der Waals surface area (Å²) in [6, 6.07) is 4.68. The Balaban J connectivity index is 2.01. The highest BCUT2D eigenvalue weighted by Crippen LogP contribution is 2.23. The second-order valence-corrected chi connectivity index (χ2v) is 5.49. The van der Waals surface area contributed by atoms with E-state index >= 15 is 0 Å². The minimum Gasteiger partial charge on any atom is -0.307 e. The highest BCUT2D eigenvalue weighted by Gasteiger charge is 2.13. The number of nitrogens with one attached hydrogen (secondary N) is 1. The first-order chi connectivity index (χ1) is 9.06. The fourth-order valence-corrected chi connectivity index (χ4v) is 2.45. The Morgan fingerprint density at radius 2 is 2.26 bits per heavy atom. The molecule has 0 saturated heterocycles. The maximum absolute atomic E-state index is 10.9. The molecule has 2 rings (SSSR count). The van der Waals surface area contributed by atoms with Crippen LogP contribution in [-0.2, 0) is 13.1 Å². The zero-order valence-electron chi connectivity index (χ0n) is 10.2. The van der Waals surface area contributed by atoms with Crippen LogP contribution in [0.1, 0.15) is 16.3 Å². The molecule has 1 aromatic carbocycles. The third kappa shape index (κ3) is 3.73. The van der Waals surface area contributed by atoms with E-state index in [0.717, 1.165) is 10.7 Å². The number of nitro groups is 1. The molecule has 2 aromatic rings. The van der Waals surface area contributed by atoms with Crippen LogP contribution >= 0.6 is 22.9 Å². The van der Waals surface area contributed by atoms with E-state index in [2.05, 4.69) is 10.3 Å². The van der Waals surface area contributed by atoms with E-state index in [1.54, 1.807) is 23.5 Å². The maximum atomic E-state index is 10.9. The summed E-state index contributed by atoms with van der Waals surface area (Å²) in [5.74, 6) is 0. The molecular weight excluding hydrogens is 286 g/mol. The molecule has 1 heterocycles. The second-order valence-electron chi connectivity index (χ2n) is 3.99. The number of aromatic nitrogens is 1. The fraction of sp³-hybridized carbons (Fsp3) is 0.250. The number of hydrogen-bond acceptors (Lipinski definition) is 5. The first-order valence-electron chi connectivity index (χ1n) is 5.61. The molecule has 0 aliphatic heterocycles. The zero-order chi connectivity index (χ0) is 13.8. The Kier molecular flexibility index (Phi) is 4.47. The molecule has 100 valence electrons. The van der Waals surface area contributed by atoms with Crippen molar-refractivity contribution in [2.24, 2.45) is 0 Å². The molecule has 0 unspecified atom stereocenters. The molecule has 0 fully saturated rings. The summed E-state index contributed by atoms with van der Waals surface area (Å²) >= 11 is 7.34. The van der Waals surface area contributed by atoms with E-state index in [0.29, 0.717) is 23.7 Å². The smallest absolute Gasteiger partial charge is 0.275 e. The van der Waals surface area contributed by atoms with Gasteiger partial charge in [-0.15, -0.1) is 11.3 Å². The molecule has 0 saturated carbocycles. The van der Waals surface area contributed by atoms with E-state index in [9.17, 15) is 10.1 Å². The molecule has 0 atom stereocenters. The van der Waals surface area contributed by atoms with Crippen molar-refractivity contribution in [1.82, 2.24) is 10.3 Å². The van der Waals surface area contributed by atoms with Crippen LogP contribution in [0.3, 0.4) is 0 Å². The largest absolute Gasteiger partial charge is 0.307 e. The summed E-state index contributed by atoms with van der Waals surface area (Å²) in [7, 11) is 0. The van der Waals surface area contributed by atoms with Crippen LogP contribution < -0.4 is 5.32 Å².